The van der Waals surface area contributed by atoms with E-state index in [4.69, 9.17) is 14.7 Å². The maximum absolute atomic E-state index is 11.2. The lowest BCUT2D eigenvalue weighted by Gasteiger charge is -2.07. The molecule has 0 aliphatic rings. The Morgan fingerprint density at radius 2 is 1.62 bits per heavy atom. The Morgan fingerprint density at radius 1 is 1.08 bits per heavy atom. The SMILES string of the molecule is C=C(C)C(=O)OCOc1ccc(N=Nc2ccc(C#N)cc2)cc1. The largest absolute Gasteiger partial charge is 0.457 e. The van der Waals surface area contributed by atoms with Crippen LogP contribution in [0.1, 0.15) is 12.5 Å². The van der Waals surface area contributed by atoms with Crippen LogP contribution in [-0.2, 0) is 9.53 Å². The average molecular weight is 321 g/mol. The summed E-state index contributed by atoms with van der Waals surface area (Å²) in [6.07, 6.45) is 0. The number of azo groups is 1. The molecular formula is C18H15N3O3. The maximum Gasteiger partial charge on any atom is 0.335 e. The second-order valence-electron chi connectivity index (χ2n) is 4.83. The number of esters is 1. The summed E-state index contributed by atoms with van der Waals surface area (Å²) in [7, 11) is 0. The zero-order chi connectivity index (χ0) is 17.4. The third-order valence-corrected chi connectivity index (χ3v) is 2.88. The summed E-state index contributed by atoms with van der Waals surface area (Å²) < 4.78 is 10.1. The zero-order valence-corrected chi connectivity index (χ0v) is 13.1. The zero-order valence-electron chi connectivity index (χ0n) is 13.1. The summed E-state index contributed by atoms with van der Waals surface area (Å²) in [6, 6.07) is 15.7. The summed E-state index contributed by atoms with van der Waals surface area (Å²) in [5, 5.41) is 16.9. The first-order chi connectivity index (χ1) is 11.6. The number of carbonyl (C=O) groups excluding carboxylic acids is 1. The monoisotopic (exact) mass is 321 g/mol. The van der Waals surface area contributed by atoms with Crippen LogP contribution in [0.4, 0.5) is 11.4 Å². The van der Waals surface area contributed by atoms with Crippen LogP contribution in [0.25, 0.3) is 0 Å². The molecule has 0 fully saturated rings. The van der Waals surface area contributed by atoms with E-state index in [0.717, 1.165) is 0 Å². The Morgan fingerprint density at radius 3 is 2.12 bits per heavy atom. The van der Waals surface area contributed by atoms with Gasteiger partial charge in [-0.25, -0.2) is 4.79 Å². The van der Waals surface area contributed by atoms with Crippen LogP contribution >= 0.6 is 0 Å². The number of benzene rings is 2. The lowest BCUT2D eigenvalue weighted by molar-refractivity contribution is -0.145. The molecule has 6 nitrogen and oxygen atoms in total. The van der Waals surface area contributed by atoms with Crippen molar-refractivity contribution in [1.82, 2.24) is 0 Å². The number of ether oxygens (including phenoxy) is 2. The van der Waals surface area contributed by atoms with E-state index in [1.54, 1.807) is 55.5 Å². The minimum atomic E-state index is -0.497. The standard InChI is InChI=1S/C18H15N3O3/c1-13(2)18(22)24-12-23-17-9-7-16(8-10-17)21-20-15-5-3-14(11-19)4-6-15/h3-10H,1,12H2,2H3. The summed E-state index contributed by atoms with van der Waals surface area (Å²) in [5.74, 6) is 0.0460. The molecule has 0 saturated carbocycles. The predicted molar refractivity (Wildman–Crippen MR) is 88.2 cm³/mol. The molecule has 120 valence electrons. The summed E-state index contributed by atoms with van der Waals surface area (Å²) >= 11 is 0. The molecule has 0 aromatic heterocycles. The number of hydrogen-bond donors (Lipinski definition) is 0. The van der Waals surface area contributed by atoms with Crippen molar-refractivity contribution in [2.45, 2.75) is 6.92 Å². The first kappa shape index (κ1) is 16.9. The van der Waals surface area contributed by atoms with Crippen molar-refractivity contribution in [3.8, 4) is 11.8 Å². The summed E-state index contributed by atoms with van der Waals surface area (Å²) in [5.41, 5.74) is 2.19. The van der Waals surface area contributed by atoms with E-state index in [1.165, 1.54) is 0 Å². The van der Waals surface area contributed by atoms with Crippen molar-refractivity contribution >= 4 is 17.3 Å². The predicted octanol–water partition coefficient (Wildman–Crippen LogP) is 4.43. The van der Waals surface area contributed by atoms with Crippen molar-refractivity contribution in [2.24, 2.45) is 10.2 Å². The average Bonchev–Trinajstić information content (AvgIpc) is 2.61. The molecule has 0 aliphatic heterocycles. The molecule has 0 saturated heterocycles. The molecule has 0 amide bonds. The number of carbonyl (C=O) groups is 1. The molecule has 0 unspecified atom stereocenters. The van der Waals surface area contributed by atoms with Gasteiger partial charge in [0.25, 0.3) is 0 Å². The van der Waals surface area contributed by atoms with Gasteiger partial charge in [-0.15, -0.1) is 0 Å². The molecule has 6 heteroatoms. The number of nitrogens with zero attached hydrogens (tertiary/aromatic N) is 3. The van der Waals surface area contributed by atoms with E-state index in [2.05, 4.69) is 16.8 Å². The Balaban J connectivity index is 1.89. The Hall–Kier alpha value is -3.46. The van der Waals surface area contributed by atoms with E-state index in [9.17, 15) is 4.79 Å². The molecule has 0 radical (unpaired) electrons. The van der Waals surface area contributed by atoms with E-state index in [0.29, 0.717) is 28.3 Å². The molecule has 2 aromatic rings. The van der Waals surface area contributed by atoms with Crippen molar-refractivity contribution < 1.29 is 14.3 Å². The number of hydrogen-bond acceptors (Lipinski definition) is 6. The lowest BCUT2D eigenvalue weighted by Crippen LogP contribution is -2.10. The highest BCUT2D eigenvalue weighted by molar-refractivity contribution is 5.86. The number of nitriles is 1. The van der Waals surface area contributed by atoms with Gasteiger partial charge in [0.2, 0.25) is 6.79 Å². The van der Waals surface area contributed by atoms with E-state index in [1.807, 2.05) is 6.07 Å². The van der Waals surface area contributed by atoms with Crippen LogP contribution < -0.4 is 4.74 Å². The Kier molecular flexibility index (Phi) is 5.81. The Labute approximate surface area is 139 Å². The van der Waals surface area contributed by atoms with Crippen molar-refractivity contribution in [1.29, 1.82) is 5.26 Å². The van der Waals surface area contributed by atoms with Crippen molar-refractivity contribution in [2.75, 3.05) is 6.79 Å². The fourth-order valence-corrected chi connectivity index (χ4v) is 1.60. The van der Waals surface area contributed by atoms with E-state index >= 15 is 0 Å². The second-order valence-corrected chi connectivity index (χ2v) is 4.83. The number of rotatable bonds is 6. The van der Waals surface area contributed by atoms with Crippen LogP contribution in [0.5, 0.6) is 5.75 Å². The van der Waals surface area contributed by atoms with Gasteiger partial charge in [-0.05, 0) is 55.5 Å². The highest BCUT2D eigenvalue weighted by Crippen LogP contribution is 2.21. The van der Waals surface area contributed by atoms with Gasteiger partial charge in [0.15, 0.2) is 0 Å². The summed E-state index contributed by atoms with van der Waals surface area (Å²) in [4.78, 5) is 11.2. The van der Waals surface area contributed by atoms with Crippen LogP contribution in [0, 0.1) is 11.3 Å². The highest BCUT2D eigenvalue weighted by atomic mass is 16.7. The van der Waals surface area contributed by atoms with Crippen molar-refractivity contribution in [3.63, 3.8) is 0 Å². The third-order valence-electron chi connectivity index (χ3n) is 2.88. The smallest absolute Gasteiger partial charge is 0.335 e. The minimum absolute atomic E-state index is 0.183. The molecule has 0 N–H and O–H groups in total. The van der Waals surface area contributed by atoms with Gasteiger partial charge in [0.1, 0.15) is 5.75 Å². The normalized spacial score (nSPS) is 10.2. The first-order valence-electron chi connectivity index (χ1n) is 7.06. The van der Waals surface area contributed by atoms with Crippen molar-refractivity contribution in [3.05, 3.63) is 66.2 Å². The van der Waals surface area contributed by atoms with Gasteiger partial charge < -0.3 is 9.47 Å². The first-order valence-corrected chi connectivity index (χ1v) is 7.06. The van der Waals surface area contributed by atoms with Gasteiger partial charge in [0, 0.05) is 5.57 Å². The topological polar surface area (TPSA) is 84.0 Å². The molecule has 0 heterocycles. The van der Waals surface area contributed by atoms with Crippen LogP contribution in [0.2, 0.25) is 0 Å². The van der Waals surface area contributed by atoms with Gasteiger partial charge in [-0.2, -0.15) is 15.5 Å². The minimum Gasteiger partial charge on any atom is -0.457 e. The van der Waals surface area contributed by atoms with Crippen LogP contribution in [0.3, 0.4) is 0 Å². The Bertz CT molecular complexity index is 788. The second kappa shape index (κ2) is 8.25. The fraction of sp³-hybridized carbons (Fsp3) is 0.111. The molecular weight excluding hydrogens is 306 g/mol. The molecule has 0 bridgehead atoms. The van der Waals surface area contributed by atoms with Crippen LogP contribution in [0.15, 0.2) is 70.9 Å². The molecule has 0 atom stereocenters. The van der Waals surface area contributed by atoms with E-state index < -0.39 is 5.97 Å². The molecule has 0 aliphatic carbocycles. The highest BCUT2D eigenvalue weighted by Gasteiger charge is 2.03. The lowest BCUT2D eigenvalue weighted by atomic mass is 10.2. The third kappa shape index (κ3) is 5.07. The van der Waals surface area contributed by atoms with Gasteiger partial charge >= 0.3 is 5.97 Å². The maximum atomic E-state index is 11.2. The van der Waals surface area contributed by atoms with E-state index in [-0.39, 0.29) is 6.79 Å². The van der Waals surface area contributed by atoms with Gasteiger partial charge in [-0.1, -0.05) is 6.58 Å². The molecule has 2 rings (SSSR count). The molecule has 0 spiro atoms. The van der Waals surface area contributed by atoms with Gasteiger partial charge in [0.05, 0.1) is 23.0 Å². The summed E-state index contributed by atoms with van der Waals surface area (Å²) in [6.45, 7) is 4.86. The molecule has 2 aromatic carbocycles. The fourth-order valence-electron chi connectivity index (χ4n) is 1.60. The quantitative estimate of drug-likeness (QED) is 0.341. The van der Waals surface area contributed by atoms with Crippen LogP contribution in [-0.4, -0.2) is 12.8 Å². The molecule has 24 heavy (non-hydrogen) atoms. The van der Waals surface area contributed by atoms with Gasteiger partial charge in [-0.3, -0.25) is 0 Å².